The Morgan fingerprint density at radius 3 is 1.02 bits per heavy atom. The maximum Gasteiger partial charge on any atom is 0.306 e. The number of carbonyl (C=O) groups is 3. The van der Waals surface area contributed by atoms with Crippen LogP contribution in [0.3, 0.4) is 0 Å². The third-order valence-corrected chi connectivity index (χ3v) is 9.99. The molecule has 0 saturated carbocycles. The minimum absolute atomic E-state index is 0.108. The van der Waals surface area contributed by atoms with Gasteiger partial charge >= 0.3 is 17.9 Å². The van der Waals surface area contributed by atoms with Crippen LogP contribution >= 0.6 is 0 Å². The molecule has 0 amide bonds. The molecule has 6 nitrogen and oxygen atoms in total. The molecule has 6 heteroatoms. The topological polar surface area (TPSA) is 78.9 Å². The second kappa shape index (κ2) is 49.7. The van der Waals surface area contributed by atoms with E-state index in [2.05, 4.69) is 130 Å². The van der Waals surface area contributed by atoms with Gasteiger partial charge in [-0.05, 0) is 122 Å². The third-order valence-electron chi connectivity index (χ3n) is 9.99. The molecule has 0 spiro atoms. The molecular weight excluding hydrogens is 769 g/mol. The number of ether oxygens (including phenoxy) is 3. The monoisotopic (exact) mass is 859 g/mol. The lowest BCUT2D eigenvalue weighted by Crippen LogP contribution is -2.30. The van der Waals surface area contributed by atoms with E-state index in [1.54, 1.807) is 0 Å². The minimum atomic E-state index is -0.812. The highest BCUT2D eigenvalue weighted by atomic mass is 16.6. The van der Waals surface area contributed by atoms with Crippen molar-refractivity contribution in [3.8, 4) is 0 Å². The van der Waals surface area contributed by atoms with Crippen molar-refractivity contribution >= 4 is 17.9 Å². The summed E-state index contributed by atoms with van der Waals surface area (Å²) in [4.78, 5) is 37.9. The number of carbonyl (C=O) groups excluding carboxylic acids is 3. The van der Waals surface area contributed by atoms with Crippen LogP contribution in [0.4, 0.5) is 0 Å². The molecule has 0 aromatic rings. The molecule has 0 aliphatic rings. The highest BCUT2D eigenvalue weighted by molar-refractivity contribution is 5.71. The Labute approximate surface area is 380 Å². The number of unbranched alkanes of at least 4 members (excludes halogenated alkanes) is 14. The van der Waals surface area contributed by atoms with Crippen molar-refractivity contribution in [2.45, 2.75) is 213 Å². The zero-order chi connectivity index (χ0) is 45.1. The fourth-order valence-electron chi connectivity index (χ4n) is 6.30. The van der Waals surface area contributed by atoms with E-state index in [1.165, 1.54) is 32.1 Å². The van der Waals surface area contributed by atoms with Crippen molar-refractivity contribution in [3.05, 3.63) is 109 Å². The van der Waals surface area contributed by atoms with Crippen molar-refractivity contribution in [3.63, 3.8) is 0 Å². The second-order valence-corrected chi connectivity index (χ2v) is 16.0. The van der Waals surface area contributed by atoms with Crippen LogP contribution < -0.4 is 0 Å². The number of hydrogen-bond acceptors (Lipinski definition) is 6. The lowest BCUT2D eigenvalue weighted by Gasteiger charge is -2.18. The average molecular weight is 859 g/mol. The van der Waals surface area contributed by atoms with E-state index < -0.39 is 6.10 Å². The van der Waals surface area contributed by atoms with Gasteiger partial charge in [-0.15, -0.1) is 0 Å². The summed E-state index contributed by atoms with van der Waals surface area (Å²) >= 11 is 0. The molecule has 0 fully saturated rings. The molecule has 62 heavy (non-hydrogen) atoms. The maximum atomic E-state index is 12.8. The first-order valence-corrected chi connectivity index (χ1v) is 24.9. The largest absolute Gasteiger partial charge is 0.462 e. The van der Waals surface area contributed by atoms with Gasteiger partial charge in [0.05, 0.1) is 0 Å². The van der Waals surface area contributed by atoms with Gasteiger partial charge in [0, 0.05) is 19.3 Å². The van der Waals surface area contributed by atoms with Crippen molar-refractivity contribution < 1.29 is 28.6 Å². The number of hydrogen-bond donors (Lipinski definition) is 0. The quantitative estimate of drug-likeness (QED) is 0.0263. The fourth-order valence-corrected chi connectivity index (χ4v) is 6.30. The van der Waals surface area contributed by atoms with Crippen molar-refractivity contribution in [2.24, 2.45) is 0 Å². The lowest BCUT2D eigenvalue weighted by molar-refractivity contribution is -0.167. The third kappa shape index (κ3) is 47.1. The Hall–Kier alpha value is -3.93. The lowest BCUT2D eigenvalue weighted by atomic mass is 10.1. The Balaban J connectivity index is 4.53. The zero-order valence-electron chi connectivity index (χ0n) is 39.8. The molecule has 1 atom stereocenters. The molecule has 0 bridgehead atoms. The molecular formula is C56H90O6. The summed E-state index contributed by atoms with van der Waals surface area (Å²) in [6.07, 6.45) is 66.4. The normalized spacial score (nSPS) is 13.0. The summed E-state index contributed by atoms with van der Waals surface area (Å²) in [5.74, 6) is -0.988. The predicted octanol–water partition coefficient (Wildman–Crippen LogP) is 16.4. The number of allylic oxidation sites excluding steroid dienone is 18. The minimum Gasteiger partial charge on any atom is -0.462 e. The highest BCUT2D eigenvalue weighted by Crippen LogP contribution is 2.12. The Kier molecular flexibility index (Phi) is 46.6. The van der Waals surface area contributed by atoms with Gasteiger partial charge in [0.25, 0.3) is 0 Å². The summed E-state index contributed by atoms with van der Waals surface area (Å²) in [5.41, 5.74) is 0. The SMILES string of the molecule is CC/C=C\C/C=C\C/C=C\C/C=C\CCCCCC(=O)OCC(COC(=O)CCCCCCC/C=C\CCCCC)OC(=O)CCCCC/C=C\C/C=C\C/C=C\C/C=C\CC. The van der Waals surface area contributed by atoms with Gasteiger partial charge in [-0.3, -0.25) is 14.4 Å². The summed E-state index contributed by atoms with van der Waals surface area (Å²) in [5, 5.41) is 0. The molecule has 0 heterocycles. The molecule has 0 rings (SSSR count). The van der Waals surface area contributed by atoms with Crippen LogP contribution in [-0.4, -0.2) is 37.2 Å². The number of esters is 3. The van der Waals surface area contributed by atoms with Gasteiger partial charge in [0.2, 0.25) is 0 Å². The molecule has 1 unspecified atom stereocenters. The van der Waals surface area contributed by atoms with Crippen molar-refractivity contribution in [1.29, 1.82) is 0 Å². The van der Waals surface area contributed by atoms with Crippen LogP contribution in [0.1, 0.15) is 207 Å². The summed E-state index contributed by atoms with van der Waals surface area (Å²) in [6, 6.07) is 0. The Morgan fingerprint density at radius 1 is 0.339 bits per heavy atom. The van der Waals surface area contributed by atoms with Gasteiger partial charge < -0.3 is 14.2 Å². The summed E-state index contributed by atoms with van der Waals surface area (Å²) in [6.45, 7) is 6.30. The first-order valence-electron chi connectivity index (χ1n) is 24.9. The zero-order valence-corrected chi connectivity index (χ0v) is 39.8. The highest BCUT2D eigenvalue weighted by Gasteiger charge is 2.19. The molecule has 0 aliphatic carbocycles. The van der Waals surface area contributed by atoms with E-state index in [0.717, 1.165) is 135 Å². The second-order valence-electron chi connectivity index (χ2n) is 16.0. The van der Waals surface area contributed by atoms with Crippen LogP contribution in [0.15, 0.2) is 109 Å². The molecule has 0 aromatic heterocycles. The van der Waals surface area contributed by atoms with Crippen LogP contribution in [0.5, 0.6) is 0 Å². The van der Waals surface area contributed by atoms with Crippen LogP contribution in [0, 0.1) is 0 Å². The van der Waals surface area contributed by atoms with E-state index in [9.17, 15) is 14.4 Å². The van der Waals surface area contributed by atoms with E-state index in [1.807, 2.05) is 0 Å². The van der Waals surface area contributed by atoms with E-state index in [4.69, 9.17) is 14.2 Å². The molecule has 350 valence electrons. The maximum absolute atomic E-state index is 12.8. The van der Waals surface area contributed by atoms with Crippen LogP contribution in [0.25, 0.3) is 0 Å². The van der Waals surface area contributed by atoms with Gasteiger partial charge in [0.1, 0.15) is 13.2 Å². The molecule has 0 N–H and O–H groups in total. The van der Waals surface area contributed by atoms with Crippen molar-refractivity contribution in [2.75, 3.05) is 13.2 Å². The van der Waals surface area contributed by atoms with E-state index >= 15 is 0 Å². The number of rotatable bonds is 43. The first kappa shape index (κ1) is 58.1. The predicted molar refractivity (Wildman–Crippen MR) is 265 cm³/mol. The summed E-state index contributed by atoms with van der Waals surface area (Å²) < 4.78 is 16.7. The Bertz CT molecular complexity index is 1310. The molecule has 0 aliphatic heterocycles. The molecule has 0 aromatic carbocycles. The van der Waals surface area contributed by atoms with E-state index in [-0.39, 0.29) is 37.5 Å². The average Bonchev–Trinajstić information content (AvgIpc) is 3.27. The first-order chi connectivity index (χ1) is 30.5. The van der Waals surface area contributed by atoms with Crippen LogP contribution in [0.2, 0.25) is 0 Å². The standard InChI is InChI=1S/C56H90O6/c1-4-7-10-13-16-19-22-25-27-29-31-34-37-40-43-46-49-55(58)61-52-53(51-60-54(57)48-45-42-39-36-33-24-21-18-15-12-9-6-3)62-56(59)50-47-44-41-38-35-32-30-28-26-23-20-17-14-11-8-5-2/h7-8,10-11,16-21,25-28,31-32,34-35,53H,4-6,9,12-15,22-24,29-30,33,36-52H2,1-3H3/b10-7-,11-8-,19-16-,20-17-,21-18-,27-25-,28-26-,34-31-,35-32-. The fraction of sp³-hybridized carbons (Fsp3) is 0.625. The van der Waals surface area contributed by atoms with Gasteiger partial charge in [-0.1, -0.05) is 175 Å². The smallest absolute Gasteiger partial charge is 0.306 e. The Morgan fingerprint density at radius 2 is 0.629 bits per heavy atom. The van der Waals surface area contributed by atoms with Gasteiger partial charge in [-0.2, -0.15) is 0 Å². The summed E-state index contributed by atoms with van der Waals surface area (Å²) in [7, 11) is 0. The van der Waals surface area contributed by atoms with Gasteiger partial charge in [0.15, 0.2) is 6.10 Å². The van der Waals surface area contributed by atoms with Crippen LogP contribution in [-0.2, 0) is 28.6 Å². The van der Waals surface area contributed by atoms with Crippen molar-refractivity contribution in [1.82, 2.24) is 0 Å². The van der Waals surface area contributed by atoms with Gasteiger partial charge in [-0.25, -0.2) is 0 Å². The molecule has 0 saturated heterocycles. The van der Waals surface area contributed by atoms with E-state index in [0.29, 0.717) is 12.8 Å². The molecule has 0 radical (unpaired) electrons.